The minimum atomic E-state index is -0.859. The van der Waals surface area contributed by atoms with Gasteiger partial charge in [-0.15, -0.1) is 24.0 Å². The number of nitrogens with zero attached hydrogens (tertiary/aromatic N) is 2. The molecule has 1 saturated heterocycles. The molecule has 142 valence electrons. The highest BCUT2D eigenvalue weighted by atomic mass is 127. The van der Waals surface area contributed by atoms with Crippen molar-refractivity contribution in [3.63, 3.8) is 0 Å². The molecule has 1 heterocycles. The molecule has 0 radical (unpaired) electrons. The molecule has 1 aromatic rings. The van der Waals surface area contributed by atoms with Gasteiger partial charge in [0, 0.05) is 55.6 Å². The minimum absolute atomic E-state index is 0. The van der Waals surface area contributed by atoms with E-state index in [9.17, 15) is 4.21 Å². The Morgan fingerprint density at radius 2 is 2.00 bits per heavy atom. The molecule has 25 heavy (non-hydrogen) atoms. The van der Waals surface area contributed by atoms with Gasteiger partial charge in [-0.1, -0.05) is 30.3 Å². The van der Waals surface area contributed by atoms with E-state index < -0.39 is 10.8 Å². The van der Waals surface area contributed by atoms with Crippen LogP contribution in [-0.2, 0) is 21.3 Å². The molecule has 0 saturated carbocycles. The maximum atomic E-state index is 12.2. The molecular formula is C18H30IN3O2S. The Labute approximate surface area is 171 Å². The summed E-state index contributed by atoms with van der Waals surface area (Å²) >= 11 is 0. The van der Waals surface area contributed by atoms with E-state index in [2.05, 4.69) is 15.2 Å². The van der Waals surface area contributed by atoms with E-state index in [1.165, 1.54) is 0 Å². The highest BCUT2D eigenvalue weighted by Gasteiger charge is 2.21. The molecule has 0 aliphatic carbocycles. The Morgan fingerprint density at radius 3 is 2.60 bits per heavy atom. The van der Waals surface area contributed by atoms with Gasteiger partial charge in [0.2, 0.25) is 0 Å². The van der Waals surface area contributed by atoms with Gasteiger partial charge in [0.05, 0.1) is 6.10 Å². The maximum Gasteiger partial charge on any atom is 0.193 e. The zero-order valence-electron chi connectivity index (χ0n) is 15.1. The number of hydrogen-bond donors (Lipinski definition) is 1. The van der Waals surface area contributed by atoms with Crippen LogP contribution in [0.4, 0.5) is 0 Å². The SMILES string of the molecule is CCOC1CCN(C(=NC)NCCS(=O)Cc2ccccc2)CC1.I. The van der Waals surface area contributed by atoms with Crippen LogP contribution in [0.25, 0.3) is 0 Å². The molecule has 0 amide bonds. The molecule has 7 heteroatoms. The summed E-state index contributed by atoms with van der Waals surface area (Å²) in [5.74, 6) is 2.14. The number of hydrogen-bond acceptors (Lipinski definition) is 3. The summed E-state index contributed by atoms with van der Waals surface area (Å²) < 4.78 is 17.9. The number of halogens is 1. The first-order chi connectivity index (χ1) is 11.7. The zero-order valence-corrected chi connectivity index (χ0v) is 18.3. The highest BCUT2D eigenvalue weighted by molar-refractivity contribution is 14.0. The largest absolute Gasteiger partial charge is 0.378 e. The van der Waals surface area contributed by atoms with Crippen LogP contribution in [0.5, 0.6) is 0 Å². The molecular weight excluding hydrogens is 449 g/mol. The van der Waals surface area contributed by atoms with Crippen LogP contribution in [0.3, 0.4) is 0 Å². The Kier molecular flexibility index (Phi) is 11.3. The minimum Gasteiger partial charge on any atom is -0.378 e. The van der Waals surface area contributed by atoms with Gasteiger partial charge in [-0.3, -0.25) is 9.20 Å². The van der Waals surface area contributed by atoms with Crippen molar-refractivity contribution < 1.29 is 8.95 Å². The predicted molar refractivity (Wildman–Crippen MR) is 116 cm³/mol. The van der Waals surface area contributed by atoms with Gasteiger partial charge < -0.3 is 15.0 Å². The molecule has 1 atom stereocenters. The number of benzene rings is 1. The molecule has 5 nitrogen and oxygen atoms in total. The van der Waals surface area contributed by atoms with Gasteiger partial charge in [-0.25, -0.2) is 0 Å². The van der Waals surface area contributed by atoms with Crippen LogP contribution in [0.1, 0.15) is 25.3 Å². The first-order valence-corrected chi connectivity index (χ1v) is 10.2. The van der Waals surface area contributed by atoms with E-state index in [0.717, 1.165) is 44.1 Å². The predicted octanol–water partition coefficient (Wildman–Crippen LogP) is 2.63. The number of ether oxygens (including phenoxy) is 1. The molecule has 1 unspecified atom stereocenters. The quantitative estimate of drug-likeness (QED) is 0.371. The topological polar surface area (TPSA) is 53.9 Å². The monoisotopic (exact) mass is 479 g/mol. The summed E-state index contributed by atoms with van der Waals surface area (Å²) in [4.78, 5) is 6.61. The second kappa shape index (κ2) is 12.6. The average molecular weight is 479 g/mol. The number of guanidine groups is 1. The fraction of sp³-hybridized carbons (Fsp3) is 0.611. The average Bonchev–Trinajstić information content (AvgIpc) is 2.61. The smallest absolute Gasteiger partial charge is 0.193 e. The Bertz CT molecular complexity index is 534. The molecule has 1 aliphatic rings. The van der Waals surface area contributed by atoms with E-state index >= 15 is 0 Å². The first-order valence-electron chi connectivity index (χ1n) is 8.69. The summed E-state index contributed by atoms with van der Waals surface area (Å²) in [6.45, 7) is 5.42. The molecule has 1 aliphatic heterocycles. The summed E-state index contributed by atoms with van der Waals surface area (Å²) in [5, 5.41) is 3.34. The fourth-order valence-electron chi connectivity index (χ4n) is 2.91. The number of rotatable bonds is 7. The Morgan fingerprint density at radius 1 is 1.32 bits per heavy atom. The number of aliphatic imine (C=N–C) groups is 1. The third-order valence-electron chi connectivity index (χ3n) is 4.14. The van der Waals surface area contributed by atoms with Crippen LogP contribution in [0.15, 0.2) is 35.3 Å². The summed E-state index contributed by atoms with van der Waals surface area (Å²) in [5.41, 5.74) is 1.12. The summed E-state index contributed by atoms with van der Waals surface area (Å²) in [6, 6.07) is 9.99. The Balaban J connectivity index is 0.00000312. The second-order valence-electron chi connectivity index (χ2n) is 5.89. The van der Waals surface area contributed by atoms with E-state index in [-0.39, 0.29) is 24.0 Å². The molecule has 1 aromatic carbocycles. The number of likely N-dealkylation sites (tertiary alicyclic amines) is 1. The van der Waals surface area contributed by atoms with E-state index in [0.29, 0.717) is 24.2 Å². The van der Waals surface area contributed by atoms with E-state index in [4.69, 9.17) is 4.74 Å². The summed E-state index contributed by atoms with van der Waals surface area (Å²) in [6.07, 6.45) is 2.45. The molecule has 1 N–H and O–H groups in total. The van der Waals surface area contributed by atoms with Crippen molar-refractivity contribution in [3.8, 4) is 0 Å². The van der Waals surface area contributed by atoms with Crippen LogP contribution >= 0.6 is 24.0 Å². The third kappa shape index (κ3) is 8.04. The van der Waals surface area contributed by atoms with Crippen molar-refractivity contribution >= 4 is 40.7 Å². The van der Waals surface area contributed by atoms with Crippen molar-refractivity contribution in [2.75, 3.05) is 39.0 Å². The second-order valence-corrected chi connectivity index (χ2v) is 7.47. The van der Waals surface area contributed by atoms with Crippen molar-refractivity contribution in [1.82, 2.24) is 10.2 Å². The lowest BCUT2D eigenvalue weighted by molar-refractivity contribution is 0.0264. The zero-order chi connectivity index (χ0) is 17.2. The van der Waals surface area contributed by atoms with Crippen molar-refractivity contribution in [2.24, 2.45) is 4.99 Å². The van der Waals surface area contributed by atoms with Crippen molar-refractivity contribution in [3.05, 3.63) is 35.9 Å². The van der Waals surface area contributed by atoms with Crippen LogP contribution in [0.2, 0.25) is 0 Å². The molecule has 0 aromatic heterocycles. The molecule has 0 spiro atoms. The molecule has 1 fully saturated rings. The van der Waals surface area contributed by atoms with Gasteiger partial charge >= 0.3 is 0 Å². The molecule has 0 bridgehead atoms. The fourth-order valence-corrected chi connectivity index (χ4v) is 3.95. The maximum absolute atomic E-state index is 12.2. The van der Waals surface area contributed by atoms with E-state index in [1.807, 2.05) is 37.3 Å². The summed E-state index contributed by atoms with van der Waals surface area (Å²) in [7, 11) is 0.945. The van der Waals surface area contributed by atoms with Gasteiger partial charge in [-0.2, -0.15) is 0 Å². The Hall–Kier alpha value is -0.670. The van der Waals surface area contributed by atoms with Crippen molar-refractivity contribution in [1.29, 1.82) is 0 Å². The van der Waals surface area contributed by atoms with Gasteiger partial charge in [-0.05, 0) is 25.3 Å². The lowest BCUT2D eigenvalue weighted by atomic mass is 10.1. The van der Waals surface area contributed by atoms with Gasteiger partial charge in [0.25, 0.3) is 0 Å². The van der Waals surface area contributed by atoms with Crippen LogP contribution in [0, 0.1) is 0 Å². The third-order valence-corrected chi connectivity index (χ3v) is 5.45. The van der Waals surface area contributed by atoms with Gasteiger partial charge in [0.15, 0.2) is 5.96 Å². The van der Waals surface area contributed by atoms with Crippen LogP contribution < -0.4 is 5.32 Å². The van der Waals surface area contributed by atoms with E-state index in [1.54, 1.807) is 7.05 Å². The highest BCUT2D eigenvalue weighted by Crippen LogP contribution is 2.13. The number of nitrogens with one attached hydrogen (secondary N) is 1. The number of piperidine rings is 1. The van der Waals surface area contributed by atoms with Crippen LogP contribution in [-0.4, -0.2) is 60.2 Å². The normalized spacial score (nSPS) is 17.0. The van der Waals surface area contributed by atoms with Gasteiger partial charge in [0.1, 0.15) is 0 Å². The first kappa shape index (κ1) is 22.4. The standard InChI is InChI=1S/C18H29N3O2S.HI/c1-3-23-17-9-12-21(13-10-17)18(19-2)20-11-14-24(22)15-16-7-5-4-6-8-16;/h4-8,17H,3,9-15H2,1-2H3,(H,19,20);1H. The van der Waals surface area contributed by atoms with Crippen molar-refractivity contribution in [2.45, 2.75) is 31.6 Å². The molecule has 2 rings (SSSR count). The lowest BCUT2D eigenvalue weighted by Gasteiger charge is -2.34. The lowest BCUT2D eigenvalue weighted by Crippen LogP contribution is -2.47.